The average Bonchev–Trinajstić information content (AvgIpc) is 3.68. The fraction of sp³-hybridized carbons (Fsp3) is 0.0172. The van der Waals surface area contributed by atoms with E-state index in [1.165, 1.54) is 22.3 Å². The molecule has 1 aliphatic heterocycles. The number of fused-ring (bicyclic) bond motifs is 6. The molecule has 0 unspecified atom stereocenters. The van der Waals surface area contributed by atoms with Crippen molar-refractivity contribution in [3.63, 3.8) is 0 Å². The van der Waals surface area contributed by atoms with Gasteiger partial charge in [-0.15, -0.1) is 0 Å². The summed E-state index contributed by atoms with van der Waals surface area (Å²) in [6.07, 6.45) is 0. The minimum atomic E-state index is -0.539. The normalized spacial score (nSPS) is 12.8. The molecule has 0 bridgehead atoms. The minimum absolute atomic E-state index is 0.539. The largest absolute Gasteiger partial charge is 0.449 e. The fourth-order valence-corrected chi connectivity index (χ4v) is 9.44. The van der Waals surface area contributed by atoms with E-state index in [2.05, 4.69) is 176 Å². The van der Waals surface area contributed by atoms with E-state index in [1.54, 1.807) is 0 Å². The van der Waals surface area contributed by atoms with Crippen molar-refractivity contribution >= 4 is 0 Å². The first-order chi connectivity index (χ1) is 31.2. The second-order valence-electron chi connectivity index (χ2n) is 15.9. The third-order valence-corrected chi connectivity index (χ3v) is 12.3. The SMILES string of the molecule is c1ccc(-c2nc(-c3ccc(-c4ccc5c(c4)Oc4c(ccc6c4-c4ccccc4C6(c4ccccc4)c4ccccc4)O5)cc3)nc(-c3ccccc3-c3ccccc3)n2)cc1. The third-order valence-electron chi connectivity index (χ3n) is 12.3. The predicted molar refractivity (Wildman–Crippen MR) is 251 cm³/mol. The maximum Gasteiger partial charge on any atom is 0.178 e. The van der Waals surface area contributed by atoms with Crippen molar-refractivity contribution in [3.8, 4) is 90.5 Å². The van der Waals surface area contributed by atoms with Crippen molar-refractivity contribution in [2.24, 2.45) is 0 Å². The summed E-state index contributed by atoms with van der Waals surface area (Å²) in [5.74, 6) is 4.60. The first-order valence-electron chi connectivity index (χ1n) is 21.2. The van der Waals surface area contributed by atoms with Crippen LogP contribution in [0.4, 0.5) is 0 Å². The van der Waals surface area contributed by atoms with Gasteiger partial charge >= 0.3 is 0 Å². The van der Waals surface area contributed by atoms with Crippen molar-refractivity contribution in [2.75, 3.05) is 0 Å². The lowest BCUT2D eigenvalue weighted by atomic mass is 9.68. The standard InChI is InChI=1S/C58H37N3O2/c1-5-17-39(18-6-1)45-25-13-14-26-46(45)57-60-55(40-19-7-2-8-20-40)59-56(61-57)41-31-29-38(30-32-41)42-33-35-50-52(37-42)63-54-51(62-50)36-34-49-53(54)47-27-15-16-28-48(47)58(49,43-21-9-3-10-22-43)44-23-11-4-12-24-44/h1-37H. The smallest absolute Gasteiger partial charge is 0.178 e. The highest BCUT2D eigenvalue weighted by Crippen LogP contribution is 2.62. The predicted octanol–water partition coefficient (Wildman–Crippen LogP) is 14.5. The van der Waals surface area contributed by atoms with Gasteiger partial charge < -0.3 is 9.47 Å². The van der Waals surface area contributed by atoms with Gasteiger partial charge in [0, 0.05) is 22.3 Å². The van der Waals surface area contributed by atoms with Crippen LogP contribution in [0.15, 0.2) is 224 Å². The van der Waals surface area contributed by atoms with Gasteiger partial charge in [-0.2, -0.15) is 0 Å². The molecule has 0 saturated heterocycles. The van der Waals surface area contributed by atoms with Crippen molar-refractivity contribution < 1.29 is 9.47 Å². The van der Waals surface area contributed by atoms with E-state index in [1.807, 2.05) is 48.5 Å². The van der Waals surface area contributed by atoms with Crippen LogP contribution >= 0.6 is 0 Å². The van der Waals surface area contributed by atoms with Gasteiger partial charge in [0.15, 0.2) is 40.5 Å². The van der Waals surface area contributed by atoms with Gasteiger partial charge in [-0.25, -0.2) is 15.0 Å². The second kappa shape index (κ2) is 14.9. The molecule has 0 N–H and O–H groups in total. The number of hydrogen-bond donors (Lipinski definition) is 0. The Morgan fingerprint density at radius 3 is 1.46 bits per heavy atom. The van der Waals surface area contributed by atoms with Gasteiger partial charge in [0.05, 0.1) is 5.41 Å². The zero-order chi connectivity index (χ0) is 41.7. The molecule has 0 fully saturated rings. The molecule has 1 aliphatic carbocycles. The van der Waals surface area contributed by atoms with E-state index >= 15 is 0 Å². The molecular formula is C58H37N3O2. The van der Waals surface area contributed by atoms with E-state index in [9.17, 15) is 0 Å². The van der Waals surface area contributed by atoms with Crippen LogP contribution in [-0.2, 0) is 5.41 Å². The second-order valence-corrected chi connectivity index (χ2v) is 15.9. The van der Waals surface area contributed by atoms with E-state index in [0.29, 0.717) is 34.7 Å². The van der Waals surface area contributed by atoms with Crippen LogP contribution in [0.25, 0.3) is 67.5 Å². The number of ether oxygens (including phenoxy) is 2. The number of rotatable bonds is 7. The average molecular weight is 808 g/mol. The number of hydrogen-bond acceptors (Lipinski definition) is 5. The summed E-state index contributed by atoms with van der Waals surface area (Å²) in [7, 11) is 0. The Morgan fingerprint density at radius 2 is 0.794 bits per heavy atom. The molecule has 296 valence electrons. The van der Waals surface area contributed by atoms with Crippen LogP contribution in [0.3, 0.4) is 0 Å². The third kappa shape index (κ3) is 6.05. The highest BCUT2D eigenvalue weighted by atomic mass is 16.6. The van der Waals surface area contributed by atoms with Crippen molar-refractivity contribution in [3.05, 3.63) is 247 Å². The molecule has 1 aromatic heterocycles. The minimum Gasteiger partial charge on any atom is -0.449 e. The molecule has 0 amide bonds. The Labute approximate surface area is 365 Å². The first-order valence-corrected chi connectivity index (χ1v) is 21.2. The number of benzene rings is 9. The summed E-state index contributed by atoms with van der Waals surface area (Å²) in [5.41, 5.74) is 13.4. The van der Waals surface area contributed by atoms with E-state index in [0.717, 1.165) is 55.8 Å². The lowest BCUT2D eigenvalue weighted by Crippen LogP contribution is -2.28. The van der Waals surface area contributed by atoms with Crippen LogP contribution in [0, 0.1) is 0 Å². The fourth-order valence-electron chi connectivity index (χ4n) is 9.44. The van der Waals surface area contributed by atoms with Crippen molar-refractivity contribution in [1.29, 1.82) is 0 Å². The molecular weight excluding hydrogens is 771 g/mol. The molecule has 0 radical (unpaired) electrons. The highest BCUT2D eigenvalue weighted by molar-refractivity contribution is 5.92. The molecule has 5 heteroatoms. The Hall–Kier alpha value is -8.41. The summed E-state index contributed by atoms with van der Waals surface area (Å²) in [5, 5.41) is 0. The van der Waals surface area contributed by atoms with Gasteiger partial charge in [-0.05, 0) is 68.3 Å². The van der Waals surface area contributed by atoms with Crippen molar-refractivity contribution in [1.82, 2.24) is 15.0 Å². The molecule has 2 heterocycles. The molecule has 5 nitrogen and oxygen atoms in total. The molecule has 9 aromatic carbocycles. The summed E-state index contributed by atoms with van der Waals surface area (Å²) in [6, 6.07) is 77.8. The summed E-state index contributed by atoms with van der Waals surface area (Å²) < 4.78 is 13.6. The van der Waals surface area contributed by atoms with Crippen molar-refractivity contribution in [2.45, 2.75) is 5.41 Å². The lowest BCUT2D eigenvalue weighted by molar-refractivity contribution is 0.360. The Kier molecular flexibility index (Phi) is 8.64. The van der Waals surface area contributed by atoms with Gasteiger partial charge in [0.1, 0.15) is 0 Å². The van der Waals surface area contributed by atoms with E-state index in [4.69, 9.17) is 24.4 Å². The Morgan fingerprint density at radius 1 is 0.302 bits per heavy atom. The maximum atomic E-state index is 7.00. The quantitative estimate of drug-likeness (QED) is 0.161. The molecule has 0 spiro atoms. The Bertz CT molecular complexity index is 3280. The van der Waals surface area contributed by atoms with Gasteiger partial charge in [-0.1, -0.05) is 206 Å². The van der Waals surface area contributed by atoms with Crippen LogP contribution in [0.1, 0.15) is 22.3 Å². The summed E-state index contributed by atoms with van der Waals surface area (Å²) in [4.78, 5) is 15.2. The van der Waals surface area contributed by atoms with E-state index < -0.39 is 5.41 Å². The zero-order valence-electron chi connectivity index (χ0n) is 34.0. The first kappa shape index (κ1) is 36.4. The van der Waals surface area contributed by atoms with Gasteiger partial charge in [-0.3, -0.25) is 0 Å². The van der Waals surface area contributed by atoms with Crippen LogP contribution in [-0.4, -0.2) is 15.0 Å². The maximum absolute atomic E-state index is 7.00. The number of aromatic nitrogens is 3. The lowest BCUT2D eigenvalue weighted by Gasteiger charge is -2.34. The highest BCUT2D eigenvalue weighted by Gasteiger charge is 2.48. The summed E-state index contributed by atoms with van der Waals surface area (Å²) >= 11 is 0. The monoisotopic (exact) mass is 807 g/mol. The molecule has 12 rings (SSSR count). The molecule has 2 aliphatic rings. The molecule has 10 aromatic rings. The van der Waals surface area contributed by atoms with Crippen LogP contribution in [0.2, 0.25) is 0 Å². The molecule has 0 atom stereocenters. The van der Waals surface area contributed by atoms with Crippen LogP contribution in [0.5, 0.6) is 23.0 Å². The van der Waals surface area contributed by atoms with Gasteiger partial charge in [0.25, 0.3) is 0 Å². The molecule has 63 heavy (non-hydrogen) atoms. The number of nitrogens with zero attached hydrogens (tertiary/aromatic N) is 3. The van der Waals surface area contributed by atoms with Gasteiger partial charge in [0.2, 0.25) is 0 Å². The zero-order valence-corrected chi connectivity index (χ0v) is 34.0. The topological polar surface area (TPSA) is 57.1 Å². The Balaban J connectivity index is 0.921. The van der Waals surface area contributed by atoms with Crippen LogP contribution < -0.4 is 9.47 Å². The molecule has 0 saturated carbocycles. The van der Waals surface area contributed by atoms with E-state index in [-0.39, 0.29) is 0 Å². The summed E-state index contributed by atoms with van der Waals surface area (Å²) in [6.45, 7) is 0.